The first kappa shape index (κ1) is 5.42. The van der Waals surface area contributed by atoms with E-state index in [9.17, 15) is 0 Å². The number of fused-ring (bicyclic) bond motifs is 1. The predicted octanol–water partition coefficient (Wildman–Crippen LogP) is 1.84. The molecule has 1 heterocycles. The summed E-state index contributed by atoms with van der Waals surface area (Å²) >= 11 is 0. The van der Waals surface area contributed by atoms with Crippen molar-refractivity contribution in [1.29, 1.82) is 0 Å². The van der Waals surface area contributed by atoms with Gasteiger partial charge in [-0.05, 0) is 17.5 Å². The number of hydrogen-bond donors (Lipinski definition) is 0. The fraction of sp³-hybridized carbons (Fsp3) is 0. The molecule has 0 amide bonds. The van der Waals surface area contributed by atoms with Gasteiger partial charge < -0.3 is 0 Å². The first-order valence-electron chi connectivity index (χ1n) is 3.09. The van der Waals surface area contributed by atoms with Crippen molar-refractivity contribution in [1.82, 2.24) is 4.98 Å². The van der Waals surface area contributed by atoms with Gasteiger partial charge in [-0.25, -0.2) is 0 Å². The smallest absolute Gasteiger partial charge is 0.0892 e. The summed E-state index contributed by atoms with van der Waals surface area (Å²) in [5.41, 5.74) is 0. The summed E-state index contributed by atoms with van der Waals surface area (Å²) in [6.07, 6.45) is 4.52. The van der Waals surface area contributed by atoms with Gasteiger partial charge in [0.15, 0.2) is 0 Å². The van der Waals surface area contributed by atoms with Crippen molar-refractivity contribution in [2.75, 3.05) is 0 Å². The van der Waals surface area contributed by atoms with E-state index in [1.165, 1.54) is 0 Å². The lowest BCUT2D eigenvalue weighted by Gasteiger charge is -1.90. The van der Waals surface area contributed by atoms with E-state index in [1.54, 1.807) is 6.20 Å². The van der Waals surface area contributed by atoms with Gasteiger partial charge in [-0.15, -0.1) is 0 Å². The monoisotopic (exact) mass is 127 g/mol. The largest absolute Gasteiger partial charge is 0.254 e. The highest BCUT2D eigenvalue weighted by atomic mass is 14.6. The van der Waals surface area contributed by atoms with Gasteiger partial charge in [0.2, 0.25) is 0 Å². The molecule has 1 aromatic carbocycles. The van der Waals surface area contributed by atoms with Crippen LogP contribution in [0.5, 0.6) is 0 Å². The lowest BCUT2D eigenvalue weighted by Crippen LogP contribution is -1.72. The third-order valence-corrected chi connectivity index (χ3v) is 1.41. The average molecular weight is 127 g/mol. The SMILES string of the molecule is [c]1cc2ccc[c]c2cn1. The molecule has 0 saturated carbocycles. The maximum atomic E-state index is 3.86. The summed E-state index contributed by atoms with van der Waals surface area (Å²) in [6.45, 7) is 0. The van der Waals surface area contributed by atoms with E-state index in [0.29, 0.717) is 0 Å². The standard InChI is InChI=1S/C9H5N/c1-2-4-9-7-10-6-5-8(9)3-1/h1-3,5,7H. The Morgan fingerprint density at radius 2 is 2.40 bits per heavy atom. The molecule has 0 N–H and O–H groups in total. The highest BCUT2D eigenvalue weighted by molar-refractivity contribution is 5.80. The predicted molar refractivity (Wildman–Crippen MR) is 39.4 cm³/mol. The minimum absolute atomic E-state index is 1.04. The van der Waals surface area contributed by atoms with E-state index < -0.39 is 0 Å². The van der Waals surface area contributed by atoms with Crippen LogP contribution in [-0.2, 0) is 0 Å². The van der Waals surface area contributed by atoms with Crippen LogP contribution in [0.1, 0.15) is 0 Å². The second-order valence-electron chi connectivity index (χ2n) is 2.07. The zero-order chi connectivity index (χ0) is 6.81. The first-order chi connectivity index (χ1) is 4.97. The van der Waals surface area contributed by atoms with Gasteiger partial charge in [-0.3, -0.25) is 4.98 Å². The van der Waals surface area contributed by atoms with E-state index in [4.69, 9.17) is 0 Å². The molecule has 0 aliphatic rings. The quantitative estimate of drug-likeness (QED) is 0.526. The van der Waals surface area contributed by atoms with Crippen LogP contribution < -0.4 is 0 Å². The lowest BCUT2D eigenvalue weighted by atomic mass is 10.2. The highest BCUT2D eigenvalue weighted by Crippen LogP contribution is 2.08. The van der Waals surface area contributed by atoms with Crippen LogP contribution in [0.2, 0.25) is 0 Å². The fourth-order valence-electron chi connectivity index (χ4n) is 0.909. The van der Waals surface area contributed by atoms with Crippen molar-refractivity contribution in [2.24, 2.45) is 0 Å². The number of hydrogen-bond acceptors (Lipinski definition) is 1. The van der Waals surface area contributed by atoms with Crippen LogP contribution in [-0.4, -0.2) is 4.98 Å². The zero-order valence-electron chi connectivity index (χ0n) is 5.33. The normalized spacial score (nSPS) is 10.0. The molecule has 2 radical (unpaired) electrons. The third-order valence-electron chi connectivity index (χ3n) is 1.41. The number of benzene rings is 1. The Kier molecular flexibility index (Phi) is 1.14. The summed E-state index contributed by atoms with van der Waals surface area (Å²) in [4.78, 5) is 3.86. The molecule has 1 nitrogen and oxygen atoms in total. The van der Waals surface area contributed by atoms with Crippen molar-refractivity contribution >= 4 is 10.8 Å². The molecule has 0 aliphatic carbocycles. The molecule has 0 spiro atoms. The van der Waals surface area contributed by atoms with Crippen LogP contribution in [0.15, 0.2) is 30.5 Å². The Labute approximate surface area is 59.3 Å². The molecule has 2 aromatic rings. The fourth-order valence-corrected chi connectivity index (χ4v) is 0.909. The van der Waals surface area contributed by atoms with Gasteiger partial charge in [-0.1, -0.05) is 18.2 Å². The van der Waals surface area contributed by atoms with Crippen molar-refractivity contribution in [2.45, 2.75) is 0 Å². The topological polar surface area (TPSA) is 12.9 Å². The lowest BCUT2D eigenvalue weighted by molar-refractivity contribution is 1.35. The second-order valence-corrected chi connectivity index (χ2v) is 2.07. The van der Waals surface area contributed by atoms with Gasteiger partial charge in [0, 0.05) is 11.6 Å². The molecule has 2 rings (SSSR count). The van der Waals surface area contributed by atoms with E-state index in [2.05, 4.69) is 17.2 Å². The second kappa shape index (κ2) is 2.10. The van der Waals surface area contributed by atoms with Gasteiger partial charge >= 0.3 is 0 Å². The van der Waals surface area contributed by atoms with Crippen LogP contribution in [0.25, 0.3) is 10.8 Å². The Bertz CT molecular complexity index is 276. The van der Waals surface area contributed by atoms with Crippen LogP contribution in [0, 0.1) is 12.3 Å². The van der Waals surface area contributed by atoms with E-state index in [-0.39, 0.29) is 0 Å². The van der Waals surface area contributed by atoms with Crippen molar-refractivity contribution < 1.29 is 0 Å². The zero-order valence-corrected chi connectivity index (χ0v) is 5.33. The van der Waals surface area contributed by atoms with Gasteiger partial charge in [0.1, 0.15) is 0 Å². The summed E-state index contributed by atoms with van der Waals surface area (Å²) in [5.74, 6) is 0. The van der Waals surface area contributed by atoms with E-state index in [0.717, 1.165) is 10.8 Å². The molecule has 0 fully saturated rings. The third kappa shape index (κ3) is 0.760. The number of pyridine rings is 1. The maximum Gasteiger partial charge on any atom is 0.0892 e. The minimum Gasteiger partial charge on any atom is -0.254 e. The highest BCUT2D eigenvalue weighted by Gasteiger charge is 1.87. The van der Waals surface area contributed by atoms with Crippen molar-refractivity contribution in [3.8, 4) is 0 Å². The number of aromatic nitrogens is 1. The molecule has 0 aliphatic heterocycles. The minimum atomic E-state index is 1.04. The van der Waals surface area contributed by atoms with E-state index >= 15 is 0 Å². The van der Waals surface area contributed by atoms with E-state index in [1.807, 2.05) is 24.3 Å². The van der Waals surface area contributed by atoms with Gasteiger partial charge in [0.05, 0.1) is 6.20 Å². The molecule has 1 aromatic heterocycles. The van der Waals surface area contributed by atoms with Crippen molar-refractivity contribution in [3.05, 3.63) is 42.7 Å². The Morgan fingerprint density at radius 1 is 1.40 bits per heavy atom. The Morgan fingerprint density at radius 3 is 3.30 bits per heavy atom. The number of rotatable bonds is 0. The van der Waals surface area contributed by atoms with Gasteiger partial charge in [0.25, 0.3) is 0 Å². The molecule has 10 heavy (non-hydrogen) atoms. The molecule has 0 atom stereocenters. The molecule has 0 saturated heterocycles. The molecule has 1 heteroatoms. The molecule has 0 unspecified atom stereocenters. The summed E-state index contributed by atoms with van der Waals surface area (Å²) in [5, 5.41) is 2.18. The molecular weight excluding hydrogens is 122 g/mol. The van der Waals surface area contributed by atoms with Gasteiger partial charge in [-0.2, -0.15) is 0 Å². The van der Waals surface area contributed by atoms with Crippen molar-refractivity contribution in [3.63, 3.8) is 0 Å². The molecular formula is C9H5N. The summed E-state index contributed by atoms with van der Waals surface area (Å²) in [6, 6.07) is 10.8. The van der Waals surface area contributed by atoms with Crippen LogP contribution in [0.4, 0.5) is 0 Å². The van der Waals surface area contributed by atoms with Crippen LogP contribution >= 0.6 is 0 Å². The summed E-state index contributed by atoms with van der Waals surface area (Å²) in [7, 11) is 0. The van der Waals surface area contributed by atoms with Crippen LogP contribution in [0.3, 0.4) is 0 Å². The molecule has 46 valence electrons. The molecule has 0 bridgehead atoms. The Balaban J connectivity index is 2.89. The summed E-state index contributed by atoms with van der Waals surface area (Å²) < 4.78 is 0. The average Bonchev–Trinajstić information content (AvgIpc) is 2.05. The first-order valence-corrected chi connectivity index (χ1v) is 3.09. The maximum absolute atomic E-state index is 3.86. The Hall–Kier alpha value is -1.37. The number of nitrogens with zero attached hydrogens (tertiary/aromatic N) is 1.